The SMILES string of the molecule is CC(C)(C)c1cc(CN2C(=O)CCC2C(=O)O[C@@H]2C[C@@H]3CC[C@@]2(C)C3(C)C)cc(C(C)(C)C)c1O. The van der Waals surface area contributed by atoms with E-state index in [0.717, 1.165) is 29.5 Å². The number of ether oxygens (including phenoxy) is 1. The number of phenols is 1. The summed E-state index contributed by atoms with van der Waals surface area (Å²) in [5.74, 6) is 0.658. The Kier molecular flexibility index (Phi) is 6.13. The first kappa shape index (κ1) is 26.0. The van der Waals surface area contributed by atoms with Gasteiger partial charge in [-0.2, -0.15) is 0 Å². The van der Waals surface area contributed by atoms with E-state index in [1.54, 1.807) is 4.90 Å². The van der Waals surface area contributed by atoms with Gasteiger partial charge in [0.15, 0.2) is 0 Å². The van der Waals surface area contributed by atoms with Crippen LogP contribution in [0.2, 0.25) is 0 Å². The number of rotatable bonds is 4. The van der Waals surface area contributed by atoms with Crippen molar-refractivity contribution in [2.75, 3.05) is 0 Å². The molecule has 1 heterocycles. The van der Waals surface area contributed by atoms with E-state index in [0.29, 0.717) is 31.1 Å². The number of fused-ring (bicyclic) bond motifs is 2. The van der Waals surface area contributed by atoms with Crippen LogP contribution in [0.1, 0.15) is 111 Å². The van der Waals surface area contributed by atoms with Crippen molar-refractivity contribution < 1.29 is 19.4 Å². The van der Waals surface area contributed by atoms with Gasteiger partial charge in [0.05, 0.1) is 0 Å². The topological polar surface area (TPSA) is 66.8 Å². The normalized spacial score (nSPS) is 30.3. The Morgan fingerprint density at radius 1 is 1.06 bits per heavy atom. The van der Waals surface area contributed by atoms with E-state index < -0.39 is 6.04 Å². The molecule has 194 valence electrons. The highest BCUT2D eigenvalue weighted by Crippen LogP contribution is 2.66. The summed E-state index contributed by atoms with van der Waals surface area (Å²) in [6, 6.07) is 3.45. The molecule has 0 aromatic heterocycles. The van der Waals surface area contributed by atoms with Crippen LogP contribution in [0, 0.1) is 16.7 Å². The number of aromatic hydroxyl groups is 1. The van der Waals surface area contributed by atoms with Crippen LogP contribution in [0.5, 0.6) is 5.75 Å². The number of hydrogen-bond acceptors (Lipinski definition) is 4. The summed E-state index contributed by atoms with van der Waals surface area (Å²) in [5, 5.41) is 11.1. The zero-order chi connectivity index (χ0) is 26.1. The molecule has 1 aromatic carbocycles. The summed E-state index contributed by atoms with van der Waals surface area (Å²) in [6.45, 7) is 19.7. The number of hydrogen-bond donors (Lipinski definition) is 1. The lowest BCUT2D eigenvalue weighted by Crippen LogP contribution is -2.44. The van der Waals surface area contributed by atoms with Crippen molar-refractivity contribution in [2.24, 2.45) is 16.7 Å². The molecule has 2 saturated carbocycles. The molecule has 2 aliphatic carbocycles. The van der Waals surface area contributed by atoms with Crippen LogP contribution in [-0.4, -0.2) is 34.0 Å². The number of likely N-dealkylation sites (tertiary alicyclic amines) is 1. The molecule has 5 nitrogen and oxygen atoms in total. The zero-order valence-electron chi connectivity index (χ0n) is 23.2. The minimum absolute atomic E-state index is 0.000939. The number of amides is 1. The van der Waals surface area contributed by atoms with Gasteiger partial charge in [0.2, 0.25) is 5.91 Å². The number of benzene rings is 1. The fraction of sp³-hybridized carbons (Fsp3) is 0.733. The number of phenolic OH excluding ortho intramolecular Hbond substituents is 1. The van der Waals surface area contributed by atoms with Crippen LogP contribution in [0.15, 0.2) is 12.1 Å². The molecule has 1 unspecified atom stereocenters. The minimum atomic E-state index is -0.543. The molecule has 1 saturated heterocycles. The lowest BCUT2D eigenvalue weighted by Gasteiger charge is -2.39. The fourth-order valence-corrected chi connectivity index (χ4v) is 6.83. The van der Waals surface area contributed by atoms with Crippen molar-refractivity contribution in [1.29, 1.82) is 0 Å². The summed E-state index contributed by atoms with van der Waals surface area (Å²) >= 11 is 0. The van der Waals surface area contributed by atoms with E-state index in [4.69, 9.17) is 4.74 Å². The van der Waals surface area contributed by atoms with Crippen molar-refractivity contribution in [3.05, 3.63) is 28.8 Å². The standard InChI is InChI=1S/C30H45NO4/c1-27(2,3)20-14-18(15-21(25(20)33)28(4,5)6)17-31-22(10-11-24(31)32)26(34)35-23-16-19-12-13-30(23,9)29(19,7)8/h14-15,19,22-23,33H,10-13,16-17H2,1-9H3/t19-,22?,23+,30+/m0/s1. The molecule has 0 radical (unpaired) electrons. The smallest absolute Gasteiger partial charge is 0.329 e. The van der Waals surface area contributed by atoms with Crippen LogP contribution in [-0.2, 0) is 31.7 Å². The lowest BCUT2D eigenvalue weighted by atomic mass is 9.70. The first-order valence-electron chi connectivity index (χ1n) is 13.3. The summed E-state index contributed by atoms with van der Waals surface area (Å²) in [6.07, 6.45) is 4.02. The molecule has 5 heteroatoms. The fourth-order valence-electron chi connectivity index (χ4n) is 6.83. The van der Waals surface area contributed by atoms with Gasteiger partial charge >= 0.3 is 5.97 Å². The molecule has 0 spiro atoms. The molecular formula is C30H45NO4. The zero-order valence-corrected chi connectivity index (χ0v) is 23.2. The summed E-state index contributed by atoms with van der Waals surface area (Å²) in [4.78, 5) is 28.1. The second-order valence-electron chi connectivity index (χ2n) is 14.2. The summed E-state index contributed by atoms with van der Waals surface area (Å²) in [5.41, 5.74) is 2.34. The van der Waals surface area contributed by atoms with Crippen molar-refractivity contribution in [3.63, 3.8) is 0 Å². The average Bonchev–Trinajstić information content (AvgIpc) is 3.25. The third-order valence-electron chi connectivity index (χ3n) is 9.71. The highest BCUT2D eigenvalue weighted by molar-refractivity contribution is 5.88. The monoisotopic (exact) mass is 483 g/mol. The Morgan fingerprint density at radius 3 is 2.09 bits per heavy atom. The molecule has 3 fully saturated rings. The number of esters is 1. The molecule has 4 rings (SSSR count). The third-order valence-corrected chi connectivity index (χ3v) is 9.71. The van der Waals surface area contributed by atoms with Gasteiger partial charge in [-0.25, -0.2) is 4.79 Å². The molecular weight excluding hydrogens is 438 g/mol. The van der Waals surface area contributed by atoms with Crippen molar-refractivity contribution >= 4 is 11.9 Å². The van der Waals surface area contributed by atoms with Crippen molar-refractivity contribution in [2.45, 2.75) is 124 Å². The predicted molar refractivity (Wildman–Crippen MR) is 138 cm³/mol. The van der Waals surface area contributed by atoms with Gasteiger partial charge in [0, 0.05) is 18.4 Å². The van der Waals surface area contributed by atoms with E-state index in [1.807, 2.05) is 12.1 Å². The summed E-state index contributed by atoms with van der Waals surface area (Å²) in [7, 11) is 0. The van der Waals surface area contributed by atoms with Crippen LogP contribution < -0.4 is 0 Å². The number of nitrogens with zero attached hydrogens (tertiary/aromatic N) is 1. The average molecular weight is 484 g/mol. The van der Waals surface area contributed by atoms with E-state index >= 15 is 0 Å². The maximum Gasteiger partial charge on any atom is 0.329 e. The summed E-state index contributed by atoms with van der Waals surface area (Å²) < 4.78 is 6.19. The highest BCUT2D eigenvalue weighted by atomic mass is 16.5. The molecule has 1 N–H and O–H groups in total. The van der Waals surface area contributed by atoms with Gasteiger partial charge in [0.25, 0.3) is 0 Å². The highest BCUT2D eigenvalue weighted by Gasteiger charge is 2.63. The molecule has 1 aromatic rings. The molecule has 4 atom stereocenters. The van der Waals surface area contributed by atoms with E-state index in [2.05, 4.69) is 62.3 Å². The molecule has 1 amide bonds. The Morgan fingerprint density at radius 2 is 1.63 bits per heavy atom. The predicted octanol–water partition coefficient (Wildman–Crippen LogP) is 6.24. The second-order valence-corrected chi connectivity index (χ2v) is 14.2. The Bertz CT molecular complexity index is 993. The first-order chi connectivity index (χ1) is 16.0. The van der Waals surface area contributed by atoms with Crippen LogP contribution >= 0.6 is 0 Å². The largest absolute Gasteiger partial charge is 0.507 e. The quantitative estimate of drug-likeness (QED) is 0.515. The van der Waals surface area contributed by atoms with Gasteiger partial charge in [0.1, 0.15) is 17.9 Å². The van der Waals surface area contributed by atoms with Crippen LogP contribution in [0.4, 0.5) is 0 Å². The third kappa shape index (κ3) is 4.27. The van der Waals surface area contributed by atoms with E-state index in [9.17, 15) is 14.7 Å². The second kappa shape index (κ2) is 8.24. The van der Waals surface area contributed by atoms with Gasteiger partial charge < -0.3 is 14.7 Å². The number of carbonyl (C=O) groups is 2. The van der Waals surface area contributed by atoms with Crippen LogP contribution in [0.3, 0.4) is 0 Å². The van der Waals surface area contributed by atoms with Gasteiger partial charge in [-0.3, -0.25) is 4.79 Å². The Balaban J connectivity index is 1.58. The molecule has 2 bridgehead atoms. The van der Waals surface area contributed by atoms with E-state index in [-0.39, 0.29) is 39.6 Å². The molecule has 35 heavy (non-hydrogen) atoms. The van der Waals surface area contributed by atoms with Gasteiger partial charge in [-0.1, -0.05) is 62.3 Å². The Hall–Kier alpha value is -2.04. The van der Waals surface area contributed by atoms with Gasteiger partial charge in [-0.05, 0) is 76.7 Å². The van der Waals surface area contributed by atoms with Crippen molar-refractivity contribution in [3.8, 4) is 5.75 Å². The number of carbonyl (C=O) groups excluding carboxylic acids is 2. The molecule has 3 aliphatic rings. The molecule has 1 aliphatic heterocycles. The van der Waals surface area contributed by atoms with Crippen LogP contribution in [0.25, 0.3) is 0 Å². The van der Waals surface area contributed by atoms with Gasteiger partial charge in [-0.15, -0.1) is 0 Å². The minimum Gasteiger partial charge on any atom is -0.507 e. The maximum absolute atomic E-state index is 13.4. The lowest BCUT2D eigenvalue weighted by molar-refractivity contribution is -0.164. The Labute approximate surface area is 211 Å². The maximum atomic E-state index is 13.4. The van der Waals surface area contributed by atoms with Crippen molar-refractivity contribution in [1.82, 2.24) is 4.90 Å². The first-order valence-corrected chi connectivity index (χ1v) is 13.3. The van der Waals surface area contributed by atoms with E-state index in [1.165, 1.54) is 6.42 Å².